The summed E-state index contributed by atoms with van der Waals surface area (Å²) in [4.78, 5) is 27.0. The fourth-order valence-electron chi connectivity index (χ4n) is 3.20. The number of nitrogens with one attached hydrogen (secondary N) is 1. The van der Waals surface area contributed by atoms with Gasteiger partial charge in [0.15, 0.2) is 0 Å². The monoisotopic (exact) mass is 380 g/mol. The second-order valence-electron chi connectivity index (χ2n) is 7.97. The first-order chi connectivity index (χ1) is 13.2. The average Bonchev–Trinajstić information content (AvgIpc) is 2.87. The molecule has 3 rings (SSSR count). The Kier molecular flexibility index (Phi) is 5.36. The molecule has 5 heteroatoms. The molecule has 1 aliphatic heterocycles. The summed E-state index contributed by atoms with van der Waals surface area (Å²) in [7, 11) is 0. The van der Waals surface area contributed by atoms with Crippen molar-refractivity contribution in [3.63, 3.8) is 0 Å². The molecule has 0 atom stereocenters. The molecule has 1 aliphatic rings. The SMILES string of the molecule is CCCN1C(=O)C(Nc2ccc(C(C)(C)C)cc2)=C(c2ccc(F)cc2)C1=O. The Bertz CT molecular complexity index is 923. The van der Waals surface area contributed by atoms with Gasteiger partial charge in [-0.2, -0.15) is 0 Å². The van der Waals surface area contributed by atoms with Crippen molar-refractivity contribution < 1.29 is 14.0 Å². The van der Waals surface area contributed by atoms with E-state index in [4.69, 9.17) is 0 Å². The van der Waals surface area contributed by atoms with Crippen LogP contribution >= 0.6 is 0 Å². The number of rotatable bonds is 5. The van der Waals surface area contributed by atoms with E-state index in [1.54, 1.807) is 0 Å². The number of carbonyl (C=O) groups is 2. The van der Waals surface area contributed by atoms with Gasteiger partial charge in [0, 0.05) is 12.2 Å². The van der Waals surface area contributed by atoms with Gasteiger partial charge in [0.05, 0.1) is 5.57 Å². The molecule has 2 aromatic rings. The Morgan fingerprint density at radius 1 is 0.929 bits per heavy atom. The quantitative estimate of drug-likeness (QED) is 0.763. The molecule has 0 spiro atoms. The third-order valence-corrected chi connectivity index (χ3v) is 4.77. The summed E-state index contributed by atoms with van der Waals surface area (Å²) in [5.41, 5.74) is 2.95. The third-order valence-electron chi connectivity index (χ3n) is 4.77. The van der Waals surface area contributed by atoms with E-state index in [2.05, 4.69) is 26.1 Å². The van der Waals surface area contributed by atoms with E-state index in [1.165, 1.54) is 34.7 Å². The maximum absolute atomic E-state index is 13.3. The molecule has 146 valence electrons. The van der Waals surface area contributed by atoms with Crippen molar-refractivity contribution in [3.05, 3.63) is 71.2 Å². The fraction of sp³-hybridized carbons (Fsp3) is 0.304. The molecular weight excluding hydrogens is 355 g/mol. The molecule has 0 saturated heterocycles. The predicted molar refractivity (Wildman–Crippen MR) is 109 cm³/mol. The lowest BCUT2D eigenvalue weighted by Crippen LogP contribution is -2.33. The van der Waals surface area contributed by atoms with E-state index >= 15 is 0 Å². The molecule has 0 aromatic heterocycles. The molecule has 1 N–H and O–H groups in total. The molecule has 0 aliphatic carbocycles. The number of hydrogen-bond donors (Lipinski definition) is 1. The average molecular weight is 380 g/mol. The van der Waals surface area contributed by atoms with Crippen molar-refractivity contribution in [1.82, 2.24) is 4.90 Å². The van der Waals surface area contributed by atoms with E-state index in [0.29, 0.717) is 18.5 Å². The van der Waals surface area contributed by atoms with Gasteiger partial charge in [-0.15, -0.1) is 0 Å². The third kappa shape index (κ3) is 3.84. The summed E-state index contributed by atoms with van der Waals surface area (Å²) in [6.07, 6.45) is 0.668. The first-order valence-corrected chi connectivity index (χ1v) is 9.46. The number of nitrogens with zero attached hydrogens (tertiary/aromatic N) is 1. The van der Waals surface area contributed by atoms with Crippen molar-refractivity contribution >= 4 is 23.1 Å². The van der Waals surface area contributed by atoms with Crippen LogP contribution in [0.15, 0.2) is 54.2 Å². The zero-order valence-electron chi connectivity index (χ0n) is 16.7. The van der Waals surface area contributed by atoms with Crippen molar-refractivity contribution in [3.8, 4) is 0 Å². The van der Waals surface area contributed by atoms with Crippen molar-refractivity contribution in [2.75, 3.05) is 11.9 Å². The predicted octanol–water partition coefficient (Wildman–Crippen LogP) is 4.73. The molecule has 4 nitrogen and oxygen atoms in total. The van der Waals surface area contributed by atoms with Crippen LogP contribution in [0.2, 0.25) is 0 Å². The number of amides is 2. The normalized spacial score (nSPS) is 14.8. The lowest BCUT2D eigenvalue weighted by atomic mass is 9.87. The number of carbonyl (C=O) groups excluding carboxylic acids is 2. The Balaban J connectivity index is 2.00. The Morgan fingerprint density at radius 2 is 1.54 bits per heavy atom. The lowest BCUT2D eigenvalue weighted by molar-refractivity contribution is -0.136. The first kappa shape index (κ1) is 19.8. The highest BCUT2D eigenvalue weighted by molar-refractivity contribution is 6.36. The smallest absolute Gasteiger partial charge is 0.278 e. The molecule has 0 radical (unpaired) electrons. The Labute approximate surface area is 165 Å². The zero-order chi connectivity index (χ0) is 20.5. The number of benzene rings is 2. The summed E-state index contributed by atoms with van der Waals surface area (Å²) in [5.74, 6) is -1.10. The number of anilines is 1. The van der Waals surface area contributed by atoms with Gasteiger partial charge in [0.1, 0.15) is 11.5 Å². The highest BCUT2D eigenvalue weighted by Gasteiger charge is 2.38. The van der Waals surface area contributed by atoms with Crippen LogP contribution in [0.25, 0.3) is 5.57 Å². The Hall–Kier alpha value is -2.95. The largest absolute Gasteiger partial charge is 0.350 e. The van der Waals surface area contributed by atoms with Crippen LogP contribution in [-0.4, -0.2) is 23.3 Å². The van der Waals surface area contributed by atoms with Crippen LogP contribution in [0.1, 0.15) is 45.2 Å². The maximum Gasteiger partial charge on any atom is 0.278 e. The van der Waals surface area contributed by atoms with Crippen LogP contribution in [0, 0.1) is 5.82 Å². The molecule has 2 aromatic carbocycles. The number of hydrogen-bond acceptors (Lipinski definition) is 3. The molecular formula is C23H25FN2O2. The fourth-order valence-corrected chi connectivity index (χ4v) is 3.20. The standard InChI is InChI=1S/C23H25FN2O2/c1-5-14-26-21(27)19(15-6-10-17(24)11-7-15)20(22(26)28)25-18-12-8-16(9-13-18)23(2,3)4/h6-13,25H,5,14H2,1-4H3. The van der Waals surface area contributed by atoms with Crippen LogP contribution in [0.3, 0.4) is 0 Å². The maximum atomic E-state index is 13.3. The molecule has 0 unspecified atom stereocenters. The van der Waals surface area contributed by atoms with Gasteiger partial charge >= 0.3 is 0 Å². The van der Waals surface area contributed by atoms with Crippen molar-refractivity contribution in [2.45, 2.75) is 39.5 Å². The van der Waals surface area contributed by atoms with Crippen molar-refractivity contribution in [1.29, 1.82) is 0 Å². The Morgan fingerprint density at radius 3 is 2.07 bits per heavy atom. The number of imide groups is 1. The second-order valence-corrected chi connectivity index (χ2v) is 7.97. The van der Waals surface area contributed by atoms with E-state index in [-0.39, 0.29) is 34.3 Å². The van der Waals surface area contributed by atoms with Gasteiger partial charge in [0.25, 0.3) is 11.8 Å². The van der Waals surface area contributed by atoms with Gasteiger partial charge in [0.2, 0.25) is 0 Å². The minimum Gasteiger partial charge on any atom is -0.350 e. The molecule has 0 bridgehead atoms. The summed E-state index contributed by atoms with van der Waals surface area (Å²) in [6, 6.07) is 13.4. The molecule has 28 heavy (non-hydrogen) atoms. The summed E-state index contributed by atoms with van der Waals surface area (Å²) in [6.45, 7) is 8.65. The second kappa shape index (κ2) is 7.58. The minimum atomic E-state index is -0.390. The summed E-state index contributed by atoms with van der Waals surface area (Å²) >= 11 is 0. The van der Waals surface area contributed by atoms with E-state index in [0.717, 1.165) is 5.69 Å². The van der Waals surface area contributed by atoms with Crippen LogP contribution < -0.4 is 5.32 Å². The van der Waals surface area contributed by atoms with Crippen molar-refractivity contribution in [2.24, 2.45) is 0 Å². The van der Waals surface area contributed by atoms with E-state index in [1.807, 2.05) is 31.2 Å². The van der Waals surface area contributed by atoms with E-state index in [9.17, 15) is 14.0 Å². The summed E-state index contributed by atoms with van der Waals surface area (Å²) in [5, 5.41) is 3.13. The van der Waals surface area contributed by atoms with Gasteiger partial charge in [-0.25, -0.2) is 4.39 Å². The topological polar surface area (TPSA) is 49.4 Å². The minimum absolute atomic E-state index is 0.0220. The molecule has 0 saturated carbocycles. The van der Waals surface area contributed by atoms with Gasteiger partial charge in [-0.1, -0.05) is 52.0 Å². The van der Waals surface area contributed by atoms with Gasteiger partial charge < -0.3 is 5.32 Å². The lowest BCUT2D eigenvalue weighted by Gasteiger charge is -2.19. The number of halogens is 1. The first-order valence-electron chi connectivity index (χ1n) is 9.46. The molecule has 2 amide bonds. The van der Waals surface area contributed by atoms with Gasteiger partial charge in [-0.3, -0.25) is 14.5 Å². The highest BCUT2D eigenvalue weighted by Crippen LogP contribution is 2.31. The van der Waals surface area contributed by atoms with Crippen LogP contribution in [0.4, 0.5) is 10.1 Å². The highest BCUT2D eigenvalue weighted by atomic mass is 19.1. The molecule has 0 fully saturated rings. The summed E-state index contributed by atoms with van der Waals surface area (Å²) < 4.78 is 13.3. The molecule has 1 heterocycles. The van der Waals surface area contributed by atoms with Gasteiger partial charge in [-0.05, 0) is 47.2 Å². The van der Waals surface area contributed by atoms with Crippen LogP contribution in [0.5, 0.6) is 0 Å². The zero-order valence-corrected chi connectivity index (χ0v) is 16.7. The van der Waals surface area contributed by atoms with Crippen LogP contribution in [-0.2, 0) is 15.0 Å². The van der Waals surface area contributed by atoms with E-state index < -0.39 is 0 Å².